The maximum absolute atomic E-state index is 12.2. The molecule has 0 aliphatic carbocycles. The summed E-state index contributed by atoms with van der Waals surface area (Å²) in [5, 5.41) is 14.4. The first-order valence-electron chi connectivity index (χ1n) is 12.6. The molecule has 0 spiro atoms. The number of nitrogens with one attached hydrogen (secondary N) is 1. The number of hydrogen-bond acceptors (Lipinski definition) is 8. The van der Waals surface area contributed by atoms with Crippen molar-refractivity contribution in [1.29, 1.82) is 0 Å². The van der Waals surface area contributed by atoms with Gasteiger partial charge in [0.15, 0.2) is 5.82 Å². The lowest BCUT2D eigenvalue weighted by Gasteiger charge is -2.17. The highest BCUT2D eigenvalue weighted by Crippen LogP contribution is 2.33. The van der Waals surface area contributed by atoms with Crippen LogP contribution in [0.25, 0.3) is 21.7 Å². The van der Waals surface area contributed by atoms with E-state index in [0.717, 1.165) is 56.2 Å². The standard InChI is InChI=1S/C28H30N6O3S/c1-6-22-29-24-17(4)25(28(35)36-5)38-27(24)34(22)14-18-10-12-20(13-11-18)37-15-19-8-7-9-21(23(19)16(2)3)26-30-32-33-31-26/h7-13,16H,6,14-15H2,1-5H3,(H,30,31,32,33). The number of methoxy groups -OCH3 is 1. The fraction of sp³-hybridized carbons (Fsp3) is 0.321. The van der Waals surface area contributed by atoms with E-state index >= 15 is 0 Å². The Labute approximate surface area is 224 Å². The number of carbonyl (C=O) groups excluding carboxylic acids is 1. The third kappa shape index (κ3) is 4.79. The van der Waals surface area contributed by atoms with Crippen molar-refractivity contribution < 1.29 is 14.3 Å². The van der Waals surface area contributed by atoms with Crippen LogP contribution in [0.2, 0.25) is 0 Å². The topological polar surface area (TPSA) is 108 Å². The number of esters is 1. The zero-order valence-corrected chi connectivity index (χ0v) is 22.9. The predicted molar refractivity (Wildman–Crippen MR) is 147 cm³/mol. The van der Waals surface area contributed by atoms with Gasteiger partial charge in [-0.15, -0.1) is 16.4 Å². The van der Waals surface area contributed by atoms with Crippen LogP contribution >= 0.6 is 11.3 Å². The van der Waals surface area contributed by atoms with Gasteiger partial charge in [-0.05, 0) is 52.1 Å². The normalized spacial score (nSPS) is 11.4. The molecule has 2 aromatic carbocycles. The Bertz CT molecular complexity index is 1570. The van der Waals surface area contributed by atoms with E-state index in [1.165, 1.54) is 18.4 Å². The average Bonchev–Trinajstić information content (AvgIpc) is 3.65. The van der Waals surface area contributed by atoms with Crippen LogP contribution in [0.1, 0.15) is 64.4 Å². The Balaban J connectivity index is 1.35. The van der Waals surface area contributed by atoms with Gasteiger partial charge in [0.1, 0.15) is 33.4 Å². The maximum Gasteiger partial charge on any atom is 0.348 e. The minimum absolute atomic E-state index is 0.276. The van der Waals surface area contributed by atoms with Gasteiger partial charge < -0.3 is 14.0 Å². The highest BCUT2D eigenvalue weighted by molar-refractivity contribution is 7.20. The van der Waals surface area contributed by atoms with E-state index in [1.54, 1.807) is 0 Å². The van der Waals surface area contributed by atoms with E-state index in [1.807, 2.05) is 31.2 Å². The number of carbonyl (C=O) groups is 1. The summed E-state index contributed by atoms with van der Waals surface area (Å²) >= 11 is 1.44. The summed E-state index contributed by atoms with van der Waals surface area (Å²) in [6.45, 7) is 9.43. The molecule has 0 aliphatic heterocycles. The van der Waals surface area contributed by atoms with Crippen molar-refractivity contribution in [3.05, 3.63) is 75.4 Å². The number of H-pyrrole nitrogens is 1. The summed E-state index contributed by atoms with van der Waals surface area (Å²) < 4.78 is 13.3. The van der Waals surface area contributed by atoms with Gasteiger partial charge in [-0.3, -0.25) is 0 Å². The van der Waals surface area contributed by atoms with Gasteiger partial charge in [0.05, 0.1) is 13.7 Å². The summed E-state index contributed by atoms with van der Waals surface area (Å²) in [4.78, 5) is 18.6. The molecule has 0 unspecified atom stereocenters. The summed E-state index contributed by atoms with van der Waals surface area (Å²) in [6, 6.07) is 14.2. The Morgan fingerprint density at radius 3 is 2.61 bits per heavy atom. The fourth-order valence-electron chi connectivity index (χ4n) is 4.77. The summed E-state index contributed by atoms with van der Waals surface area (Å²) in [6.07, 6.45) is 0.803. The van der Waals surface area contributed by atoms with Crippen molar-refractivity contribution >= 4 is 27.7 Å². The highest BCUT2D eigenvalue weighted by Gasteiger charge is 2.22. The molecule has 0 atom stereocenters. The van der Waals surface area contributed by atoms with Crippen molar-refractivity contribution in [1.82, 2.24) is 30.2 Å². The van der Waals surface area contributed by atoms with Crippen molar-refractivity contribution in [3.8, 4) is 17.1 Å². The minimum Gasteiger partial charge on any atom is -0.489 e. The number of imidazole rings is 1. The lowest BCUT2D eigenvalue weighted by atomic mass is 9.92. The zero-order chi connectivity index (χ0) is 26.8. The van der Waals surface area contributed by atoms with Crippen LogP contribution < -0.4 is 4.74 Å². The van der Waals surface area contributed by atoms with Gasteiger partial charge in [0.25, 0.3) is 0 Å². The summed E-state index contributed by atoms with van der Waals surface area (Å²) in [5.74, 6) is 2.40. The molecule has 0 saturated heterocycles. The largest absolute Gasteiger partial charge is 0.489 e. The molecule has 3 aromatic heterocycles. The van der Waals surface area contributed by atoms with Crippen molar-refractivity contribution in [2.24, 2.45) is 0 Å². The van der Waals surface area contributed by atoms with E-state index in [9.17, 15) is 4.79 Å². The van der Waals surface area contributed by atoms with E-state index < -0.39 is 0 Å². The van der Waals surface area contributed by atoms with Crippen LogP contribution in [0.15, 0.2) is 42.5 Å². The van der Waals surface area contributed by atoms with Crippen LogP contribution in [0.3, 0.4) is 0 Å². The molecule has 1 N–H and O–H groups in total. The fourth-order valence-corrected chi connectivity index (χ4v) is 5.95. The molecule has 0 aliphatic rings. The Hall–Kier alpha value is -4.05. The zero-order valence-electron chi connectivity index (χ0n) is 22.1. The maximum atomic E-state index is 12.2. The van der Waals surface area contributed by atoms with Crippen LogP contribution in [0, 0.1) is 6.92 Å². The lowest BCUT2D eigenvalue weighted by Crippen LogP contribution is -2.05. The Morgan fingerprint density at radius 2 is 1.95 bits per heavy atom. The second-order valence-corrected chi connectivity index (χ2v) is 10.4. The van der Waals surface area contributed by atoms with Crippen molar-refractivity contribution in [2.75, 3.05) is 7.11 Å². The van der Waals surface area contributed by atoms with Gasteiger partial charge in [-0.1, -0.05) is 51.1 Å². The molecular weight excluding hydrogens is 500 g/mol. The van der Waals surface area contributed by atoms with Gasteiger partial charge in [0, 0.05) is 17.5 Å². The number of benzene rings is 2. The van der Waals surface area contributed by atoms with Crippen LogP contribution in [-0.4, -0.2) is 43.3 Å². The van der Waals surface area contributed by atoms with Crippen LogP contribution in [0.4, 0.5) is 0 Å². The van der Waals surface area contributed by atoms with E-state index in [0.29, 0.717) is 23.9 Å². The molecule has 10 heteroatoms. The number of hydrogen-bond donors (Lipinski definition) is 1. The lowest BCUT2D eigenvalue weighted by molar-refractivity contribution is 0.0605. The molecule has 5 rings (SSSR count). The SMILES string of the molecule is CCc1nc2c(C)c(C(=O)OC)sc2n1Cc1ccc(OCc2cccc(-c3nnn[nH]3)c2C(C)C)cc1. The number of thiophene rings is 1. The molecule has 38 heavy (non-hydrogen) atoms. The van der Waals surface area contributed by atoms with Crippen molar-refractivity contribution in [2.45, 2.75) is 53.2 Å². The molecule has 196 valence electrons. The number of ether oxygens (including phenoxy) is 2. The third-order valence-electron chi connectivity index (χ3n) is 6.61. The predicted octanol–water partition coefficient (Wildman–Crippen LogP) is 5.69. The number of nitrogens with zero attached hydrogens (tertiary/aromatic N) is 5. The first kappa shape index (κ1) is 25.6. The van der Waals surface area contributed by atoms with E-state index in [2.05, 4.69) is 64.2 Å². The molecule has 0 fully saturated rings. The number of aromatic nitrogens is 6. The Kier molecular flexibility index (Phi) is 7.24. The minimum atomic E-state index is -0.319. The van der Waals surface area contributed by atoms with Crippen molar-refractivity contribution in [3.63, 3.8) is 0 Å². The van der Waals surface area contributed by atoms with Crippen LogP contribution in [-0.2, 0) is 24.3 Å². The molecule has 0 radical (unpaired) electrons. The first-order valence-corrected chi connectivity index (χ1v) is 13.4. The van der Waals surface area contributed by atoms with Crippen LogP contribution in [0.5, 0.6) is 5.75 Å². The average molecular weight is 531 g/mol. The van der Waals surface area contributed by atoms with Gasteiger partial charge >= 0.3 is 5.97 Å². The molecule has 9 nitrogen and oxygen atoms in total. The first-order chi connectivity index (χ1) is 18.4. The molecule has 0 saturated carbocycles. The second kappa shape index (κ2) is 10.7. The van der Waals surface area contributed by atoms with E-state index in [-0.39, 0.29) is 11.9 Å². The number of tetrazole rings is 1. The number of fused-ring (bicyclic) bond motifs is 1. The third-order valence-corrected chi connectivity index (χ3v) is 7.90. The molecule has 5 aromatic rings. The smallest absolute Gasteiger partial charge is 0.348 e. The second-order valence-electron chi connectivity index (χ2n) is 9.38. The van der Waals surface area contributed by atoms with E-state index in [4.69, 9.17) is 14.5 Å². The summed E-state index contributed by atoms with van der Waals surface area (Å²) in [5.41, 5.74) is 6.12. The monoisotopic (exact) mass is 530 g/mol. The van der Waals surface area contributed by atoms with Gasteiger partial charge in [-0.2, -0.15) is 0 Å². The molecule has 0 amide bonds. The van der Waals surface area contributed by atoms with Gasteiger partial charge in [-0.25, -0.2) is 14.9 Å². The summed E-state index contributed by atoms with van der Waals surface area (Å²) in [7, 11) is 1.41. The Morgan fingerprint density at radius 1 is 1.16 bits per heavy atom. The molecule has 3 heterocycles. The van der Waals surface area contributed by atoms with Gasteiger partial charge in [0.2, 0.25) is 0 Å². The number of aromatic amines is 1. The molecule has 0 bridgehead atoms. The number of aryl methyl sites for hydroxylation is 2. The highest BCUT2D eigenvalue weighted by atomic mass is 32.1. The number of rotatable bonds is 9. The quantitative estimate of drug-likeness (QED) is 0.244. The molecular formula is C28H30N6O3S.